The van der Waals surface area contributed by atoms with E-state index in [1.54, 1.807) is 6.07 Å². The van der Waals surface area contributed by atoms with Crippen LogP contribution in [-0.2, 0) is 11.3 Å². The lowest BCUT2D eigenvalue weighted by Crippen LogP contribution is -2.02. The molecular weight excluding hydrogens is 235 g/mol. The van der Waals surface area contributed by atoms with Crippen LogP contribution < -0.4 is 0 Å². The maximum Gasteiger partial charge on any atom is 0.338 e. The highest BCUT2D eigenvalue weighted by Gasteiger charge is 2.10. The Bertz CT molecular complexity index is 391. The number of aromatic carboxylic acids is 1. The van der Waals surface area contributed by atoms with Crippen molar-refractivity contribution < 1.29 is 19.0 Å². The van der Waals surface area contributed by atoms with Crippen molar-refractivity contribution in [1.82, 2.24) is 0 Å². The molecule has 0 amide bonds. The molecule has 0 saturated carbocycles. The Kier molecular flexibility index (Phi) is 6.36. The molecule has 0 bridgehead atoms. The van der Waals surface area contributed by atoms with E-state index in [0.29, 0.717) is 18.8 Å². The lowest BCUT2D eigenvalue weighted by Gasteiger charge is -2.05. The summed E-state index contributed by atoms with van der Waals surface area (Å²) < 4.78 is 18.7. The Morgan fingerprint density at radius 2 is 2.11 bits per heavy atom. The van der Waals surface area contributed by atoms with Gasteiger partial charge in [-0.25, -0.2) is 9.18 Å². The van der Waals surface area contributed by atoms with Gasteiger partial charge in [0.05, 0.1) is 12.2 Å². The summed E-state index contributed by atoms with van der Waals surface area (Å²) in [5, 5.41) is 8.68. The third kappa shape index (κ3) is 4.84. The van der Waals surface area contributed by atoms with Crippen molar-refractivity contribution in [3.05, 3.63) is 35.1 Å². The molecule has 1 aromatic carbocycles. The summed E-state index contributed by atoms with van der Waals surface area (Å²) in [5.74, 6) is -1.96. The molecule has 0 aliphatic rings. The van der Waals surface area contributed by atoms with Gasteiger partial charge in [-0.3, -0.25) is 0 Å². The number of unbranched alkanes of at least 4 members (excludes halogenated alkanes) is 3. The van der Waals surface area contributed by atoms with E-state index in [1.165, 1.54) is 25.0 Å². The average molecular weight is 254 g/mol. The first-order valence-corrected chi connectivity index (χ1v) is 6.24. The van der Waals surface area contributed by atoms with Gasteiger partial charge in [-0.15, -0.1) is 0 Å². The van der Waals surface area contributed by atoms with Crippen LogP contribution in [0.25, 0.3) is 0 Å². The van der Waals surface area contributed by atoms with Crippen molar-refractivity contribution in [1.29, 1.82) is 0 Å². The third-order valence-electron chi connectivity index (χ3n) is 2.67. The van der Waals surface area contributed by atoms with Gasteiger partial charge < -0.3 is 9.84 Å². The molecular formula is C14H19FO3. The second-order valence-electron chi connectivity index (χ2n) is 4.23. The Labute approximate surface area is 107 Å². The minimum absolute atomic E-state index is 0.304. The Morgan fingerprint density at radius 1 is 1.33 bits per heavy atom. The minimum atomic E-state index is -1.25. The predicted octanol–water partition coefficient (Wildman–Crippen LogP) is 3.62. The zero-order valence-electron chi connectivity index (χ0n) is 10.6. The van der Waals surface area contributed by atoms with Gasteiger partial charge in [0.1, 0.15) is 5.82 Å². The number of ether oxygens (including phenoxy) is 1. The van der Waals surface area contributed by atoms with E-state index in [0.717, 1.165) is 12.8 Å². The largest absolute Gasteiger partial charge is 0.478 e. The second-order valence-corrected chi connectivity index (χ2v) is 4.23. The molecule has 1 N–H and O–H groups in total. The van der Waals surface area contributed by atoms with Gasteiger partial charge in [-0.2, -0.15) is 0 Å². The fourth-order valence-corrected chi connectivity index (χ4v) is 1.64. The molecule has 0 unspecified atom stereocenters. The van der Waals surface area contributed by atoms with Crippen molar-refractivity contribution in [2.75, 3.05) is 6.61 Å². The summed E-state index contributed by atoms with van der Waals surface area (Å²) in [6.45, 7) is 3.12. The molecule has 0 heterocycles. The molecule has 100 valence electrons. The summed E-state index contributed by atoms with van der Waals surface area (Å²) >= 11 is 0. The number of halogens is 1. The number of benzene rings is 1. The normalized spacial score (nSPS) is 10.6. The van der Waals surface area contributed by atoms with E-state index in [4.69, 9.17) is 9.84 Å². The molecule has 0 saturated heterocycles. The van der Waals surface area contributed by atoms with Crippen LogP contribution >= 0.6 is 0 Å². The van der Waals surface area contributed by atoms with E-state index in [1.807, 2.05) is 0 Å². The summed E-state index contributed by atoms with van der Waals surface area (Å²) in [6, 6.07) is 4.07. The maximum atomic E-state index is 13.3. The van der Waals surface area contributed by atoms with E-state index in [9.17, 15) is 9.18 Å². The molecule has 0 aliphatic heterocycles. The van der Waals surface area contributed by atoms with Gasteiger partial charge in [0.25, 0.3) is 0 Å². The van der Waals surface area contributed by atoms with Gasteiger partial charge >= 0.3 is 5.97 Å². The summed E-state index contributed by atoms with van der Waals surface area (Å²) in [4.78, 5) is 10.6. The molecule has 4 heteroatoms. The topological polar surface area (TPSA) is 46.5 Å². The van der Waals surface area contributed by atoms with Gasteiger partial charge in [-0.1, -0.05) is 32.3 Å². The van der Waals surface area contributed by atoms with Gasteiger partial charge in [-0.05, 0) is 24.1 Å². The summed E-state index contributed by atoms with van der Waals surface area (Å²) in [5.41, 5.74) is 0.356. The summed E-state index contributed by atoms with van der Waals surface area (Å²) in [7, 11) is 0. The minimum Gasteiger partial charge on any atom is -0.478 e. The first-order valence-electron chi connectivity index (χ1n) is 6.24. The monoisotopic (exact) mass is 254 g/mol. The van der Waals surface area contributed by atoms with Crippen molar-refractivity contribution in [2.45, 2.75) is 39.2 Å². The quantitative estimate of drug-likeness (QED) is 0.721. The van der Waals surface area contributed by atoms with Crippen molar-refractivity contribution in [2.24, 2.45) is 0 Å². The number of hydrogen-bond donors (Lipinski definition) is 1. The fourth-order valence-electron chi connectivity index (χ4n) is 1.64. The van der Waals surface area contributed by atoms with E-state index in [2.05, 4.69) is 6.92 Å². The fraction of sp³-hybridized carbons (Fsp3) is 0.500. The number of carboxylic acid groups (broad SMARTS) is 1. The molecule has 1 rings (SSSR count). The van der Waals surface area contributed by atoms with Crippen LogP contribution in [0.5, 0.6) is 0 Å². The Morgan fingerprint density at radius 3 is 2.72 bits per heavy atom. The van der Waals surface area contributed by atoms with Crippen LogP contribution in [0.2, 0.25) is 0 Å². The van der Waals surface area contributed by atoms with Gasteiger partial charge in [0, 0.05) is 6.61 Å². The first-order chi connectivity index (χ1) is 8.65. The second kappa shape index (κ2) is 7.82. The number of carbonyl (C=O) groups is 1. The van der Waals surface area contributed by atoms with Gasteiger partial charge in [0.2, 0.25) is 0 Å². The lowest BCUT2D eigenvalue weighted by atomic mass is 10.1. The Balaban J connectivity index is 2.35. The van der Waals surface area contributed by atoms with Crippen molar-refractivity contribution in [3.8, 4) is 0 Å². The molecule has 18 heavy (non-hydrogen) atoms. The van der Waals surface area contributed by atoms with Crippen LogP contribution in [0.1, 0.15) is 48.5 Å². The molecule has 0 spiro atoms. The van der Waals surface area contributed by atoms with Crippen LogP contribution in [0, 0.1) is 5.82 Å². The molecule has 0 aliphatic carbocycles. The SMILES string of the molecule is CCCCCCOCc1ccc(C(=O)O)c(F)c1. The zero-order valence-corrected chi connectivity index (χ0v) is 10.6. The average Bonchev–Trinajstić information content (AvgIpc) is 2.33. The maximum absolute atomic E-state index is 13.3. The van der Waals surface area contributed by atoms with Crippen LogP contribution in [0.15, 0.2) is 18.2 Å². The van der Waals surface area contributed by atoms with Crippen molar-refractivity contribution >= 4 is 5.97 Å². The number of rotatable bonds is 8. The van der Waals surface area contributed by atoms with Crippen molar-refractivity contribution in [3.63, 3.8) is 0 Å². The van der Waals surface area contributed by atoms with E-state index in [-0.39, 0.29) is 5.56 Å². The molecule has 3 nitrogen and oxygen atoms in total. The van der Waals surface area contributed by atoms with Crippen LogP contribution in [0.4, 0.5) is 4.39 Å². The highest BCUT2D eigenvalue weighted by molar-refractivity contribution is 5.87. The molecule has 0 aromatic heterocycles. The highest BCUT2D eigenvalue weighted by Crippen LogP contribution is 2.11. The predicted molar refractivity (Wildman–Crippen MR) is 67.2 cm³/mol. The summed E-state index contributed by atoms with van der Waals surface area (Å²) in [6.07, 6.45) is 4.53. The molecule has 1 aromatic rings. The lowest BCUT2D eigenvalue weighted by molar-refractivity contribution is 0.0691. The van der Waals surface area contributed by atoms with Crippen LogP contribution in [-0.4, -0.2) is 17.7 Å². The first kappa shape index (κ1) is 14.6. The molecule has 0 atom stereocenters. The standard InChI is InChI=1S/C14H19FO3/c1-2-3-4-5-8-18-10-11-6-7-12(14(16)17)13(15)9-11/h6-7,9H,2-5,8,10H2,1H3,(H,16,17). The highest BCUT2D eigenvalue weighted by atomic mass is 19.1. The zero-order chi connectivity index (χ0) is 13.4. The Hall–Kier alpha value is -1.42. The smallest absolute Gasteiger partial charge is 0.338 e. The third-order valence-corrected chi connectivity index (χ3v) is 2.67. The van der Waals surface area contributed by atoms with Gasteiger partial charge in [0.15, 0.2) is 0 Å². The molecule has 0 fully saturated rings. The number of hydrogen-bond acceptors (Lipinski definition) is 2. The van der Waals surface area contributed by atoms with E-state index < -0.39 is 11.8 Å². The van der Waals surface area contributed by atoms with E-state index >= 15 is 0 Å². The number of carboxylic acids is 1. The van der Waals surface area contributed by atoms with Crippen LogP contribution in [0.3, 0.4) is 0 Å². The molecule has 0 radical (unpaired) electrons.